The van der Waals surface area contributed by atoms with E-state index in [0.717, 1.165) is 0 Å². The zero-order chi connectivity index (χ0) is 10.0. The molecule has 1 aromatic rings. The monoisotopic (exact) mass is 181 g/mol. The molecule has 0 spiro atoms. The van der Waals surface area contributed by atoms with E-state index in [2.05, 4.69) is 4.98 Å². The Morgan fingerprint density at radius 3 is 2.69 bits per heavy atom. The Balaban J connectivity index is 3.08. The van der Waals surface area contributed by atoms with Crippen LogP contribution in [-0.2, 0) is 11.3 Å². The molecule has 0 aromatic carbocycles. The maximum absolute atomic E-state index is 11.0. The number of aromatic nitrogens is 2. The first-order valence-electron chi connectivity index (χ1n) is 3.83. The van der Waals surface area contributed by atoms with E-state index in [4.69, 9.17) is 5.73 Å². The SMILES string of the molecule is CC(=O)c1cnc(C)n1CC(N)=O. The van der Waals surface area contributed by atoms with Crippen LogP contribution in [0.2, 0.25) is 0 Å². The standard InChI is InChI=1S/C8H11N3O2/c1-5(12)7-3-10-6(2)11(7)4-8(9)13/h3H,4H2,1-2H3,(H2,9,13). The lowest BCUT2D eigenvalue weighted by molar-refractivity contribution is -0.118. The van der Waals surface area contributed by atoms with Crippen LogP contribution < -0.4 is 5.73 Å². The number of hydrogen-bond donors (Lipinski definition) is 1. The van der Waals surface area contributed by atoms with Gasteiger partial charge in [0.15, 0.2) is 5.78 Å². The molecule has 2 N–H and O–H groups in total. The van der Waals surface area contributed by atoms with Gasteiger partial charge in [-0.25, -0.2) is 4.98 Å². The molecule has 5 nitrogen and oxygen atoms in total. The Kier molecular flexibility index (Phi) is 2.46. The molecule has 0 atom stereocenters. The van der Waals surface area contributed by atoms with E-state index in [9.17, 15) is 9.59 Å². The van der Waals surface area contributed by atoms with Crippen LogP contribution in [0, 0.1) is 6.92 Å². The average Bonchev–Trinajstić information content (AvgIpc) is 2.32. The van der Waals surface area contributed by atoms with Crippen molar-refractivity contribution in [2.75, 3.05) is 0 Å². The largest absolute Gasteiger partial charge is 0.368 e. The summed E-state index contributed by atoms with van der Waals surface area (Å²) in [5, 5.41) is 0. The summed E-state index contributed by atoms with van der Waals surface area (Å²) in [6.45, 7) is 3.14. The number of carbonyl (C=O) groups excluding carboxylic acids is 2. The van der Waals surface area contributed by atoms with Crippen molar-refractivity contribution in [3.63, 3.8) is 0 Å². The topological polar surface area (TPSA) is 78.0 Å². The lowest BCUT2D eigenvalue weighted by atomic mass is 10.3. The fraction of sp³-hybridized carbons (Fsp3) is 0.375. The van der Waals surface area contributed by atoms with Crippen LogP contribution in [0.5, 0.6) is 0 Å². The van der Waals surface area contributed by atoms with Crippen LogP contribution >= 0.6 is 0 Å². The van der Waals surface area contributed by atoms with Crippen molar-refractivity contribution in [1.82, 2.24) is 9.55 Å². The third-order valence-corrected chi connectivity index (χ3v) is 1.73. The molecule has 1 heterocycles. The van der Waals surface area contributed by atoms with Gasteiger partial charge in [0.05, 0.1) is 6.20 Å². The third kappa shape index (κ3) is 1.93. The Morgan fingerprint density at radius 1 is 1.62 bits per heavy atom. The zero-order valence-electron chi connectivity index (χ0n) is 7.57. The van der Waals surface area contributed by atoms with Crippen LogP contribution in [0.15, 0.2) is 6.20 Å². The highest BCUT2D eigenvalue weighted by Gasteiger charge is 2.11. The maximum Gasteiger partial charge on any atom is 0.237 e. The minimum Gasteiger partial charge on any atom is -0.368 e. The van der Waals surface area contributed by atoms with E-state index in [1.165, 1.54) is 17.7 Å². The van der Waals surface area contributed by atoms with Crippen molar-refractivity contribution in [3.05, 3.63) is 17.7 Å². The number of hydrogen-bond acceptors (Lipinski definition) is 3. The highest BCUT2D eigenvalue weighted by atomic mass is 16.1. The van der Waals surface area contributed by atoms with Gasteiger partial charge in [-0.05, 0) is 6.92 Å². The molecule has 0 unspecified atom stereocenters. The van der Waals surface area contributed by atoms with Gasteiger partial charge in [-0.3, -0.25) is 9.59 Å². The molecule has 1 aromatic heterocycles. The molecule has 0 bridgehead atoms. The van der Waals surface area contributed by atoms with Gasteiger partial charge in [0, 0.05) is 6.92 Å². The third-order valence-electron chi connectivity index (χ3n) is 1.73. The van der Waals surface area contributed by atoms with Crippen molar-refractivity contribution >= 4 is 11.7 Å². The fourth-order valence-electron chi connectivity index (χ4n) is 1.10. The Morgan fingerprint density at radius 2 is 2.23 bits per heavy atom. The molecule has 1 rings (SSSR count). The summed E-state index contributed by atoms with van der Waals surface area (Å²) < 4.78 is 1.50. The van der Waals surface area contributed by atoms with Gasteiger partial charge in [0.1, 0.15) is 18.1 Å². The van der Waals surface area contributed by atoms with Crippen LogP contribution in [0.3, 0.4) is 0 Å². The van der Waals surface area contributed by atoms with Gasteiger partial charge in [0.25, 0.3) is 0 Å². The van der Waals surface area contributed by atoms with E-state index in [-0.39, 0.29) is 12.3 Å². The first kappa shape index (κ1) is 9.44. The second kappa shape index (κ2) is 3.38. The van der Waals surface area contributed by atoms with E-state index in [1.54, 1.807) is 6.92 Å². The van der Waals surface area contributed by atoms with Gasteiger partial charge in [-0.15, -0.1) is 0 Å². The molecule has 70 valence electrons. The van der Waals surface area contributed by atoms with Gasteiger partial charge in [-0.2, -0.15) is 0 Å². The number of rotatable bonds is 3. The normalized spacial score (nSPS) is 10.0. The highest BCUT2D eigenvalue weighted by molar-refractivity contribution is 5.92. The first-order chi connectivity index (χ1) is 6.02. The molecule has 0 radical (unpaired) electrons. The molecule has 13 heavy (non-hydrogen) atoms. The van der Waals surface area contributed by atoms with Gasteiger partial charge in [0.2, 0.25) is 5.91 Å². The van der Waals surface area contributed by atoms with Crippen molar-refractivity contribution < 1.29 is 9.59 Å². The Labute approximate surface area is 75.6 Å². The molecular weight excluding hydrogens is 170 g/mol. The number of carbonyl (C=O) groups is 2. The van der Waals surface area contributed by atoms with Gasteiger partial charge in [-0.1, -0.05) is 0 Å². The van der Waals surface area contributed by atoms with Crippen molar-refractivity contribution in [2.24, 2.45) is 5.73 Å². The number of amides is 1. The van der Waals surface area contributed by atoms with Crippen molar-refractivity contribution in [3.8, 4) is 0 Å². The van der Waals surface area contributed by atoms with Gasteiger partial charge >= 0.3 is 0 Å². The van der Waals surface area contributed by atoms with Crippen LogP contribution in [0.25, 0.3) is 0 Å². The number of ketones is 1. The quantitative estimate of drug-likeness (QED) is 0.660. The van der Waals surface area contributed by atoms with Crippen molar-refractivity contribution in [2.45, 2.75) is 20.4 Å². The summed E-state index contributed by atoms with van der Waals surface area (Å²) >= 11 is 0. The molecule has 0 saturated carbocycles. The van der Waals surface area contributed by atoms with E-state index >= 15 is 0 Å². The number of aryl methyl sites for hydroxylation is 1. The summed E-state index contributed by atoms with van der Waals surface area (Å²) in [4.78, 5) is 25.6. The number of primary amides is 1. The Hall–Kier alpha value is -1.65. The molecule has 0 fully saturated rings. The number of nitrogens with two attached hydrogens (primary N) is 1. The summed E-state index contributed by atoms with van der Waals surface area (Å²) in [6.07, 6.45) is 1.45. The maximum atomic E-state index is 11.0. The molecule has 0 aliphatic rings. The zero-order valence-corrected chi connectivity index (χ0v) is 7.57. The predicted molar refractivity (Wildman–Crippen MR) is 46.2 cm³/mol. The molecule has 0 saturated heterocycles. The fourth-order valence-corrected chi connectivity index (χ4v) is 1.10. The molecule has 0 aliphatic carbocycles. The minimum atomic E-state index is -0.483. The number of Topliss-reactive ketones (excluding diaryl/α,β-unsaturated/α-hetero) is 1. The minimum absolute atomic E-state index is 0.000741. The summed E-state index contributed by atoms with van der Waals surface area (Å²) in [6, 6.07) is 0. The molecule has 1 amide bonds. The van der Waals surface area contributed by atoms with Gasteiger partial charge < -0.3 is 10.3 Å². The molecule has 0 aliphatic heterocycles. The summed E-state index contributed by atoms with van der Waals surface area (Å²) in [5.41, 5.74) is 5.44. The smallest absolute Gasteiger partial charge is 0.237 e. The van der Waals surface area contributed by atoms with E-state index in [0.29, 0.717) is 11.5 Å². The first-order valence-corrected chi connectivity index (χ1v) is 3.83. The predicted octanol–water partition coefficient (Wildman–Crippen LogP) is -0.121. The average molecular weight is 181 g/mol. The second-order valence-electron chi connectivity index (χ2n) is 2.80. The van der Waals surface area contributed by atoms with E-state index in [1.807, 2.05) is 0 Å². The Bertz CT molecular complexity index is 354. The summed E-state index contributed by atoms with van der Waals surface area (Å²) in [7, 11) is 0. The van der Waals surface area contributed by atoms with E-state index < -0.39 is 5.91 Å². The number of nitrogens with zero attached hydrogens (tertiary/aromatic N) is 2. The lowest BCUT2D eigenvalue weighted by Crippen LogP contribution is -2.21. The van der Waals surface area contributed by atoms with Crippen LogP contribution in [0.1, 0.15) is 23.2 Å². The van der Waals surface area contributed by atoms with Crippen molar-refractivity contribution in [1.29, 1.82) is 0 Å². The van der Waals surface area contributed by atoms with Crippen LogP contribution in [0.4, 0.5) is 0 Å². The highest BCUT2D eigenvalue weighted by Crippen LogP contribution is 2.04. The van der Waals surface area contributed by atoms with Crippen LogP contribution in [-0.4, -0.2) is 21.2 Å². The molecule has 5 heteroatoms. The second-order valence-corrected chi connectivity index (χ2v) is 2.80. The summed E-state index contributed by atoms with van der Waals surface area (Å²) in [5.74, 6) is 0.00875. The molecular formula is C8H11N3O2. The number of imidazole rings is 1. The lowest BCUT2D eigenvalue weighted by Gasteiger charge is -2.04.